The largest absolute Gasteiger partial charge is 0.492 e. The van der Waals surface area contributed by atoms with Gasteiger partial charge in [-0.15, -0.1) is 0 Å². The van der Waals surface area contributed by atoms with Gasteiger partial charge in [-0.1, -0.05) is 6.58 Å². The molecule has 1 aromatic rings. The Hall–Kier alpha value is -1.29. The number of nitrogens with one attached hydrogen (secondary N) is 1. The van der Waals surface area contributed by atoms with Crippen molar-refractivity contribution in [1.82, 2.24) is 15.1 Å². The standard InChI is InChI=1S/C10H17N3O/c1-5-14-8(2)10-9(6-11-3)7-13(4)12-10/h7,11H,2,5-6H2,1,3-4H3. The van der Waals surface area contributed by atoms with Crippen LogP contribution in [0, 0.1) is 0 Å². The lowest BCUT2D eigenvalue weighted by Gasteiger charge is -2.05. The van der Waals surface area contributed by atoms with Crippen molar-refractivity contribution in [1.29, 1.82) is 0 Å². The van der Waals surface area contributed by atoms with E-state index in [-0.39, 0.29) is 0 Å². The van der Waals surface area contributed by atoms with Gasteiger partial charge in [-0.05, 0) is 14.0 Å². The van der Waals surface area contributed by atoms with Gasteiger partial charge in [-0.3, -0.25) is 4.68 Å². The minimum absolute atomic E-state index is 0.619. The summed E-state index contributed by atoms with van der Waals surface area (Å²) < 4.78 is 7.10. The molecule has 1 N–H and O–H groups in total. The summed E-state index contributed by atoms with van der Waals surface area (Å²) in [6.07, 6.45) is 1.97. The number of ether oxygens (including phenoxy) is 1. The summed E-state index contributed by atoms with van der Waals surface area (Å²) in [6.45, 7) is 7.17. The Labute approximate surface area is 84.6 Å². The van der Waals surface area contributed by atoms with Crippen molar-refractivity contribution in [2.24, 2.45) is 7.05 Å². The molecule has 0 radical (unpaired) electrons. The normalized spacial score (nSPS) is 10.2. The molecule has 0 spiro atoms. The topological polar surface area (TPSA) is 39.1 Å². The monoisotopic (exact) mass is 195 g/mol. The van der Waals surface area contributed by atoms with Crippen LogP contribution in [0.4, 0.5) is 0 Å². The van der Waals surface area contributed by atoms with Gasteiger partial charge in [-0.2, -0.15) is 5.10 Å². The lowest BCUT2D eigenvalue weighted by atomic mass is 10.2. The minimum Gasteiger partial charge on any atom is -0.492 e. The van der Waals surface area contributed by atoms with E-state index < -0.39 is 0 Å². The van der Waals surface area contributed by atoms with Crippen LogP contribution in [-0.4, -0.2) is 23.4 Å². The Kier molecular flexibility index (Phi) is 3.71. The smallest absolute Gasteiger partial charge is 0.139 e. The van der Waals surface area contributed by atoms with E-state index in [9.17, 15) is 0 Å². The molecular weight excluding hydrogens is 178 g/mol. The molecule has 1 heterocycles. The summed E-state index contributed by atoms with van der Waals surface area (Å²) in [4.78, 5) is 0. The maximum Gasteiger partial charge on any atom is 0.139 e. The van der Waals surface area contributed by atoms with Crippen LogP contribution < -0.4 is 5.32 Å². The second kappa shape index (κ2) is 4.81. The molecule has 1 aromatic heterocycles. The fourth-order valence-electron chi connectivity index (χ4n) is 1.33. The summed E-state index contributed by atoms with van der Waals surface area (Å²) in [5.74, 6) is 0.637. The van der Waals surface area contributed by atoms with Crippen molar-refractivity contribution in [2.45, 2.75) is 13.5 Å². The molecule has 1 rings (SSSR count). The zero-order valence-electron chi connectivity index (χ0n) is 9.00. The van der Waals surface area contributed by atoms with Crippen LogP contribution in [0.3, 0.4) is 0 Å². The van der Waals surface area contributed by atoms with E-state index in [0.29, 0.717) is 12.4 Å². The van der Waals surface area contributed by atoms with Gasteiger partial charge in [0.05, 0.1) is 6.61 Å². The predicted molar refractivity (Wildman–Crippen MR) is 56.6 cm³/mol. The van der Waals surface area contributed by atoms with Gasteiger partial charge in [-0.25, -0.2) is 0 Å². The molecule has 0 aliphatic rings. The van der Waals surface area contributed by atoms with E-state index in [1.54, 1.807) is 4.68 Å². The van der Waals surface area contributed by atoms with Crippen molar-refractivity contribution < 1.29 is 4.74 Å². The van der Waals surface area contributed by atoms with Gasteiger partial charge in [0.2, 0.25) is 0 Å². The summed E-state index contributed by atoms with van der Waals surface area (Å²) in [6, 6.07) is 0. The van der Waals surface area contributed by atoms with Crippen LogP contribution in [0.1, 0.15) is 18.2 Å². The summed E-state index contributed by atoms with van der Waals surface area (Å²) in [7, 11) is 3.79. The van der Waals surface area contributed by atoms with Gasteiger partial charge in [0.1, 0.15) is 11.5 Å². The SMILES string of the molecule is C=C(OCC)c1nn(C)cc1CNC. The molecule has 0 amide bonds. The first-order valence-electron chi connectivity index (χ1n) is 4.68. The number of rotatable bonds is 5. The van der Waals surface area contributed by atoms with E-state index in [1.165, 1.54) is 0 Å². The van der Waals surface area contributed by atoms with Gasteiger partial charge in [0.25, 0.3) is 0 Å². The zero-order chi connectivity index (χ0) is 10.6. The highest BCUT2D eigenvalue weighted by molar-refractivity contribution is 5.56. The molecular formula is C10H17N3O. The number of hydrogen-bond donors (Lipinski definition) is 1. The highest BCUT2D eigenvalue weighted by atomic mass is 16.5. The maximum atomic E-state index is 5.33. The first kappa shape index (κ1) is 10.8. The van der Waals surface area contributed by atoms with E-state index in [4.69, 9.17) is 4.74 Å². The number of aromatic nitrogens is 2. The third-order valence-corrected chi connectivity index (χ3v) is 1.85. The van der Waals surface area contributed by atoms with Gasteiger partial charge in [0.15, 0.2) is 0 Å². The van der Waals surface area contributed by atoms with E-state index >= 15 is 0 Å². The lowest BCUT2D eigenvalue weighted by Crippen LogP contribution is -2.06. The Morgan fingerprint density at radius 2 is 2.43 bits per heavy atom. The van der Waals surface area contributed by atoms with Crippen LogP contribution in [0.25, 0.3) is 5.76 Å². The van der Waals surface area contributed by atoms with Crippen molar-refractivity contribution in [3.8, 4) is 0 Å². The van der Waals surface area contributed by atoms with Gasteiger partial charge < -0.3 is 10.1 Å². The highest BCUT2D eigenvalue weighted by Crippen LogP contribution is 2.16. The van der Waals surface area contributed by atoms with Crippen molar-refractivity contribution in [2.75, 3.05) is 13.7 Å². The highest BCUT2D eigenvalue weighted by Gasteiger charge is 2.10. The van der Waals surface area contributed by atoms with E-state index in [1.807, 2.05) is 27.2 Å². The van der Waals surface area contributed by atoms with E-state index in [0.717, 1.165) is 17.8 Å². The molecule has 4 nitrogen and oxygen atoms in total. The fraction of sp³-hybridized carbons (Fsp3) is 0.500. The van der Waals surface area contributed by atoms with Gasteiger partial charge in [0, 0.05) is 25.4 Å². The predicted octanol–water partition coefficient (Wildman–Crippen LogP) is 1.15. The van der Waals surface area contributed by atoms with Crippen LogP contribution >= 0.6 is 0 Å². The first-order chi connectivity index (χ1) is 6.69. The van der Waals surface area contributed by atoms with Crippen molar-refractivity contribution >= 4 is 5.76 Å². The molecule has 0 aliphatic carbocycles. The van der Waals surface area contributed by atoms with E-state index in [2.05, 4.69) is 17.0 Å². The maximum absolute atomic E-state index is 5.33. The Bertz CT molecular complexity index is 317. The molecule has 0 aromatic carbocycles. The Morgan fingerprint density at radius 3 is 3.00 bits per heavy atom. The number of nitrogens with zero attached hydrogens (tertiary/aromatic N) is 2. The summed E-state index contributed by atoms with van der Waals surface area (Å²) >= 11 is 0. The first-order valence-corrected chi connectivity index (χ1v) is 4.68. The summed E-state index contributed by atoms with van der Waals surface area (Å²) in [5.41, 5.74) is 1.94. The molecule has 78 valence electrons. The van der Waals surface area contributed by atoms with Gasteiger partial charge >= 0.3 is 0 Å². The van der Waals surface area contributed by atoms with Crippen LogP contribution in [-0.2, 0) is 18.3 Å². The second-order valence-corrected chi connectivity index (χ2v) is 3.06. The average molecular weight is 195 g/mol. The van der Waals surface area contributed by atoms with Crippen molar-refractivity contribution in [3.63, 3.8) is 0 Å². The molecule has 14 heavy (non-hydrogen) atoms. The zero-order valence-corrected chi connectivity index (χ0v) is 9.00. The average Bonchev–Trinajstić information content (AvgIpc) is 2.48. The minimum atomic E-state index is 0.619. The molecule has 0 unspecified atom stereocenters. The molecule has 0 saturated carbocycles. The molecule has 0 aliphatic heterocycles. The summed E-state index contributed by atoms with van der Waals surface area (Å²) in [5, 5.41) is 7.38. The molecule has 0 fully saturated rings. The molecule has 4 heteroatoms. The van der Waals surface area contributed by atoms with Crippen LogP contribution in [0.2, 0.25) is 0 Å². The quantitative estimate of drug-likeness (QED) is 0.716. The number of aryl methyl sites for hydroxylation is 1. The third-order valence-electron chi connectivity index (χ3n) is 1.85. The second-order valence-electron chi connectivity index (χ2n) is 3.06. The molecule has 0 saturated heterocycles. The fourth-order valence-corrected chi connectivity index (χ4v) is 1.33. The van der Waals surface area contributed by atoms with Crippen molar-refractivity contribution in [3.05, 3.63) is 24.0 Å². The number of hydrogen-bond acceptors (Lipinski definition) is 3. The van der Waals surface area contributed by atoms with Crippen LogP contribution in [0.15, 0.2) is 12.8 Å². The third kappa shape index (κ3) is 2.35. The lowest BCUT2D eigenvalue weighted by molar-refractivity contribution is 0.297. The molecule has 0 atom stereocenters. The Balaban J connectivity index is 2.88. The molecule has 0 bridgehead atoms. The van der Waals surface area contributed by atoms with Crippen LogP contribution in [0.5, 0.6) is 0 Å². The Morgan fingerprint density at radius 1 is 1.71 bits per heavy atom.